The van der Waals surface area contributed by atoms with Crippen LogP contribution in [-0.4, -0.2) is 54.0 Å². The third-order valence-corrected chi connectivity index (χ3v) is 5.48. The first-order valence-corrected chi connectivity index (χ1v) is 10.7. The molecule has 2 heterocycles. The molecule has 1 aliphatic rings. The second-order valence-corrected chi connectivity index (χ2v) is 7.62. The van der Waals surface area contributed by atoms with Gasteiger partial charge in [0, 0.05) is 49.2 Å². The molecule has 30 heavy (non-hydrogen) atoms. The van der Waals surface area contributed by atoms with Gasteiger partial charge < -0.3 is 20.5 Å². The lowest BCUT2D eigenvalue weighted by Gasteiger charge is -2.33. The number of likely N-dealkylation sites (tertiary alicyclic amines) is 1. The average Bonchev–Trinajstić information content (AvgIpc) is 3.10. The summed E-state index contributed by atoms with van der Waals surface area (Å²) in [5.74, 6) is 0.680. The molecule has 1 fully saturated rings. The predicted octanol–water partition coefficient (Wildman–Crippen LogP) is 3.81. The van der Waals surface area contributed by atoms with Gasteiger partial charge in [0.05, 0.1) is 6.54 Å². The summed E-state index contributed by atoms with van der Waals surface area (Å²) in [6.07, 6.45) is 6.57. The first-order valence-electron chi connectivity index (χ1n) is 10.7. The van der Waals surface area contributed by atoms with E-state index in [1.165, 1.54) is 18.6 Å². The summed E-state index contributed by atoms with van der Waals surface area (Å²) >= 11 is 0. The summed E-state index contributed by atoms with van der Waals surface area (Å²) in [7, 11) is 0. The SMILES string of the molecule is CCNC(=NCCC(=O)N1CCCCC1C)NCCc1c[nH]c2cc(F)ccc12.I. The molecule has 0 radical (unpaired) electrons. The topological polar surface area (TPSA) is 72.5 Å². The predicted molar refractivity (Wildman–Crippen MR) is 131 cm³/mol. The molecule has 3 N–H and O–H groups in total. The van der Waals surface area contributed by atoms with E-state index in [1.807, 2.05) is 24.1 Å². The van der Waals surface area contributed by atoms with Crippen molar-refractivity contribution in [3.8, 4) is 0 Å². The molecule has 1 aliphatic heterocycles. The third-order valence-electron chi connectivity index (χ3n) is 5.48. The smallest absolute Gasteiger partial charge is 0.224 e. The number of carbonyl (C=O) groups is 1. The summed E-state index contributed by atoms with van der Waals surface area (Å²) < 4.78 is 13.3. The highest BCUT2D eigenvalue weighted by Gasteiger charge is 2.22. The standard InChI is InChI=1S/C22H32FN5O.HI/c1-3-24-22(26-12-10-21(29)28-13-5-4-6-16(28)2)25-11-9-17-15-27-20-14-18(23)7-8-19(17)20;/h7-8,14-16,27H,3-6,9-13H2,1-2H3,(H2,24,25,26);1H. The lowest BCUT2D eigenvalue weighted by atomic mass is 10.0. The number of aliphatic imine (C=N–C) groups is 1. The summed E-state index contributed by atoms with van der Waals surface area (Å²) in [6.45, 7) is 6.96. The maximum Gasteiger partial charge on any atom is 0.224 e. The second-order valence-electron chi connectivity index (χ2n) is 7.62. The molecule has 1 atom stereocenters. The van der Waals surface area contributed by atoms with Gasteiger partial charge in [-0.15, -0.1) is 24.0 Å². The van der Waals surface area contributed by atoms with Crippen molar-refractivity contribution in [1.29, 1.82) is 0 Å². The lowest BCUT2D eigenvalue weighted by Crippen LogP contribution is -2.42. The highest BCUT2D eigenvalue weighted by molar-refractivity contribution is 14.0. The number of aromatic nitrogens is 1. The fraction of sp³-hybridized carbons (Fsp3) is 0.545. The quantitative estimate of drug-likeness (QED) is 0.290. The minimum atomic E-state index is -0.237. The molecule has 3 rings (SSSR count). The van der Waals surface area contributed by atoms with Gasteiger partial charge in [-0.05, 0) is 63.3 Å². The van der Waals surface area contributed by atoms with Crippen LogP contribution in [0.15, 0.2) is 29.4 Å². The number of benzene rings is 1. The van der Waals surface area contributed by atoms with Gasteiger partial charge in [-0.2, -0.15) is 0 Å². The van der Waals surface area contributed by atoms with E-state index in [4.69, 9.17) is 0 Å². The van der Waals surface area contributed by atoms with Crippen LogP contribution in [0.3, 0.4) is 0 Å². The van der Waals surface area contributed by atoms with Crippen LogP contribution in [0.25, 0.3) is 10.9 Å². The molecule has 2 aromatic rings. The number of piperidine rings is 1. The summed E-state index contributed by atoms with van der Waals surface area (Å²) in [5.41, 5.74) is 1.95. The number of nitrogens with one attached hydrogen (secondary N) is 3. The molecule has 0 aliphatic carbocycles. The van der Waals surface area contributed by atoms with Gasteiger partial charge in [-0.25, -0.2) is 4.39 Å². The number of nitrogens with zero attached hydrogens (tertiary/aromatic N) is 2. The van der Waals surface area contributed by atoms with Gasteiger partial charge in [0.15, 0.2) is 5.96 Å². The number of H-pyrrole nitrogens is 1. The minimum absolute atomic E-state index is 0. The molecule has 0 bridgehead atoms. The largest absolute Gasteiger partial charge is 0.361 e. The number of hydrogen-bond acceptors (Lipinski definition) is 2. The second kappa shape index (κ2) is 12.1. The Morgan fingerprint density at radius 1 is 1.33 bits per heavy atom. The molecular weight excluding hydrogens is 496 g/mol. The molecule has 1 aromatic heterocycles. The van der Waals surface area contributed by atoms with Crippen LogP contribution >= 0.6 is 24.0 Å². The van der Waals surface area contributed by atoms with Gasteiger partial charge in [0.1, 0.15) is 5.82 Å². The molecule has 6 nitrogen and oxygen atoms in total. The minimum Gasteiger partial charge on any atom is -0.361 e. The van der Waals surface area contributed by atoms with Crippen LogP contribution in [0.5, 0.6) is 0 Å². The molecular formula is C22H33FIN5O. The lowest BCUT2D eigenvalue weighted by molar-refractivity contribution is -0.134. The zero-order valence-electron chi connectivity index (χ0n) is 17.8. The van der Waals surface area contributed by atoms with Gasteiger partial charge in [0.2, 0.25) is 5.91 Å². The van der Waals surface area contributed by atoms with E-state index in [2.05, 4.69) is 27.5 Å². The Labute approximate surface area is 195 Å². The van der Waals surface area contributed by atoms with Crippen molar-refractivity contribution in [2.24, 2.45) is 4.99 Å². The fourth-order valence-electron chi connectivity index (χ4n) is 3.90. The van der Waals surface area contributed by atoms with Gasteiger partial charge in [-0.3, -0.25) is 9.79 Å². The number of rotatable bonds is 7. The molecule has 1 amide bonds. The summed E-state index contributed by atoms with van der Waals surface area (Å²) in [4.78, 5) is 22.1. The number of fused-ring (bicyclic) bond motifs is 1. The van der Waals surface area contributed by atoms with E-state index < -0.39 is 0 Å². The number of amides is 1. The Hall–Kier alpha value is -1.84. The Kier molecular flexibility index (Phi) is 9.87. The molecule has 8 heteroatoms. The van der Waals surface area contributed by atoms with Crippen LogP contribution in [-0.2, 0) is 11.2 Å². The highest BCUT2D eigenvalue weighted by Crippen LogP contribution is 2.19. The first-order chi connectivity index (χ1) is 14.1. The maximum atomic E-state index is 13.3. The molecule has 1 aromatic carbocycles. The van der Waals surface area contributed by atoms with E-state index >= 15 is 0 Å². The number of guanidine groups is 1. The third kappa shape index (κ3) is 6.58. The Morgan fingerprint density at radius 3 is 2.93 bits per heavy atom. The molecule has 0 saturated carbocycles. The van der Waals surface area contributed by atoms with E-state index in [0.29, 0.717) is 25.6 Å². The van der Waals surface area contributed by atoms with Crippen molar-refractivity contribution < 1.29 is 9.18 Å². The van der Waals surface area contributed by atoms with Crippen molar-refractivity contribution in [2.75, 3.05) is 26.2 Å². The monoisotopic (exact) mass is 529 g/mol. The normalized spacial score (nSPS) is 17.0. The van der Waals surface area contributed by atoms with E-state index in [1.54, 1.807) is 0 Å². The number of carbonyl (C=O) groups excluding carboxylic acids is 1. The maximum absolute atomic E-state index is 13.3. The van der Waals surface area contributed by atoms with E-state index in [-0.39, 0.29) is 35.7 Å². The fourth-order valence-corrected chi connectivity index (χ4v) is 3.90. The molecule has 166 valence electrons. The highest BCUT2D eigenvalue weighted by atomic mass is 127. The summed E-state index contributed by atoms with van der Waals surface area (Å²) in [5, 5.41) is 7.59. The van der Waals surface area contributed by atoms with Crippen molar-refractivity contribution in [2.45, 2.75) is 52.0 Å². The summed E-state index contributed by atoms with van der Waals surface area (Å²) in [6, 6.07) is 5.15. The zero-order valence-corrected chi connectivity index (χ0v) is 20.2. The van der Waals surface area contributed by atoms with E-state index in [0.717, 1.165) is 54.8 Å². The van der Waals surface area contributed by atoms with Crippen molar-refractivity contribution in [3.05, 3.63) is 35.8 Å². The Bertz CT molecular complexity index is 853. The van der Waals surface area contributed by atoms with Crippen LogP contribution < -0.4 is 10.6 Å². The van der Waals surface area contributed by atoms with Crippen LogP contribution in [0.2, 0.25) is 0 Å². The molecule has 1 saturated heterocycles. The number of halogens is 2. The molecule has 0 spiro atoms. The van der Waals surface area contributed by atoms with Crippen LogP contribution in [0.1, 0.15) is 45.1 Å². The van der Waals surface area contributed by atoms with Crippen LogP contribution in [0, 0.1) is 5.82 Å². The first kappa shape index (κ1) is 24.4. The number of hydrogen-bond donors (Lipinski definition) is 3. The number of aromatic amines is 1. The van der Waals surface area contributed by atoms with E-state index in [9.17, 15) is 9.18 Å². The molecule has 1 unspecified atom stereocenters. The van der Waals surface area contributed by atoms with Crippen LogP contribution in [0.4, 0.5) is 4.39 Å². The van der Waals surface area contributed by atoms with Crippen molar-refractivity contribution >= 4 is 46.7 Å². The van der Waals surface area contributed by atoms with Gasteiger partial charge >= 0.3 is 0 Å². The van der Waals surface area contributed by atoms with Gasteiger partial charge in [-0.1, -0.05) is 0 Å². The zero-order chi connectivity index (χ0) is 20.6. The van der Waals surface area contributed by atoms with Gasteiger partial charge in [0.25, 0.3) is 0 Å². The van der Waals surface area contributed by atoms with Crippen molar-refractivity contribution in [1.82, 2.24) is 20.5 Å². The van der Waals surface area contributed by atoms with Crippen molar-refractivity contribution in [3.63, 3.8) is 0 Å². The Balaban J connectivity index is 0.00000320. The Morgan fingerprint density at radius 2 is 2.17 bits per heavy atom. The average molecular weight is 529 g/mol.